The number of rotatable bonds is 8. The summed E-state index contributed by atoms with van der Waals surface area (Å²) in [7, 11) is 0. The van der Waals surface area contributed by atoms with Crippen molar-refractivity contribution >= 4 is 34.9 Å². The third-order valence-electron chi connectivity index (χ3n) is 5.66. The van der Waals surface area contributed by atoms with E-state index in [2.05, 4.69) is 0 Å². The molecule has 1 amide bonds. The fraction of sp³-hybridized carbons (Fsp3) is 0.214. The zero-order valence-corrected chi connectivity index (χ0v) is 20.8. The minimum absolute atomic E-state index is 0.250. The molecule has 37 heavy (non-hydrogen) atoms. The summed E-state index contributed by atoms with van der Waals surface area (Å²) in [5.41, 5.74) is 7.96. The number of benzene rings is 3. The van der Waals surface area contributed by atoms with Gasteiger partial charge >= 0.3 is 11.9 Å². The first-order valence-corrected chi connectivity index (χ1v) is 12.0. The minimum Gasteiger partial charge on any atom is -0.489 e. The molecule has 2 atom stereocenters. The molecule has 8 nitrogen and oxygen atoms in total. The summed E-state index contributed by atoms with van der Waals surface area (Å²) >= 11 is 5.00. The molecule has 1 aliphatic rings. The summed E-state index contributed by atoms with van der Waals surface area (Å²) in [4.78, 5) is 35.8. The number of aliphatic carboxylic acids is 2. The first kappa shape index (κ1) is 27.5. The van der Waals surface area contributed by atoms with E-state index in [0.29, 0.717) is 23.5 Å². The van der Waals surface area contributed by atoms with E-state index >= 15 is 0 Å². The van der Waals surface area contributed by atoms with Gasteiger partial charge in [-0.15, -0.1) is 0 Å². The molecule has 1 saturated heterocycles. The van der Waals surface area contributed by atoms with Gasteiger partial charge in [0.15, 0.2) is 0 Å². The third kappa shape index (κ3) is 8.23. The first-order valence-electron chi connectivity index (χ1n) is 11.6. The van der Waals surface area contributed by atoms with Crippen molar-refractivity contribution < 1.29 is 29.3 Å². The van der Waals surface area contributed by atoms with Crippen LogP contribution < -0.4 is 10.5 Å². The number of nitrogens with zero attached hydrogens (tertiary/aromatic N) is 1. The lowest BCUT2D eigenvalue weighted by Gasteiger charge is -2.20. The van der Waals surface area contributed by atoms with Gasteiger partial charge in [-0.3, -0.25) is 9.59 Å². The highest BCUT2D eigenvalue weighted by Gasteiger charge is 2.37. The van der Waals surface area contributed by atoms with Crippen molar-refractivity contribution in [1.82, 2.24) is 4.90 Å². The predicted molar refractivity (Wildman–Crippen MR) is 143 cm³/mol. The quantitative estimate of drug-likeness (QED) is 0.384. The van der Waals surface area contributed by atoms with E-state index in [0.717, 1.165) is 16.9 Å². The van der Waals surface area contributed by atoms with Crippen LogP contribution in [0, 0.1) is 0 Å². The summed E-state index contributed by atoms with van der Waals surface area (Å²) in [5, 5.41) is 17.8. The van der Waals surface area contributed by atoms with Gasteiger partial charge in [0.1, 0.15) is 24.4 Å². The number of hydrogen-bond donors (Lipinski definition) is 3. The SMILES string of the molecule is N[C@@H](Cc1ccc(OCc2ccccc2)cc1)C(=O)O.O=C(O)[C@@H]1CC(=S)CN1C(=O)c1ccccc1. The van der Waals surface area contributed by atoms with E-state index in [1.807, 2.05) is 54.6 Å². The van der Waals surface area contributed by atoms with Gasteiger partial charge in [0, 0.05) is 16.8 Å². The highest BCUT2D eigenvalue weighted by Crippen LogP contribution is 2.19. The normalized spacial score (nSPS) is 15.3. The molecule has 3 aromatic rings. The fourth-order valence-corrected chi connectivity index (χ4v) is 3.97. The number of likely N-dealkylation sites (tertiary alicyclic amines) is 1. The molecule has 0 aromatic heterocycles. The van der Waals surface area contributed by atoms with Crippen LogP contribution in [0.25, 0.3) is 0 Å². The average molecular weight is 521 g/mol. The predicted octanol–water partition coefficient (Wildman–Crippen LogP) is 3.58. The van der Waals surface area contributed by atoms with E-state index in [1.54, 1.807) is 30.3 Å². The van der Waals surface area contributed by atoms with Crippen molar-refractivity contribution in [2.45, 2.75) is 31.5 Å². The van der Waals surface area contributed by atoms with Crippen LogP contribution in [0.5, 0.6) is 5.75 Å². The third-order valence-corrected chi connectivity index (χ3v) is 5.95. The van der Waals surface area contributed by atoms with Gasteiger partial charge in [0.05, 0.1) is 6.54 Å². The van der Waals surface area contributed by atoms with Gasteiger partial charge in [0.25, 0.3) is 5.91 Å². The average Bonchev–Trinajstić information content (AvgIpc) is 3.31. The Kier molecular flexibility index (Phi) is 9.88. The van der Waals surface area contributed by atoms with Crippen LogP contribution in [0.3, 0.4) is 0 Å². The Bertz CT molecular complexity index is 1220. The lowest BCUT2D eigenvalue weighted by Crippen LogP contribution is -2.40. The van der Waals surface area contributed by atoms with E-state index in [4.69, 9.17) is 32.9 Å². The van der Waals surface area contributed by atoms with Crippen LogP contribution >= 0.6 is 12.2 Å². The summed E-state index contributed by atoms with van der Waals surface area (Å²) < 4.78 is 5.65. The molecule has 1 fully saturated rings. The lowest BCUT2D eigenvalue weighted by atomic mass is 10.1. The van der Waals surface area contributed by atoms with Crippen LogP contribution in [-0.2, 0) is 22.6 Å². The molecule has 0 spiro atoms. The Hall–Kier alpha value is -4.08. The summed E-state index contributed by atoms with van der Waals surface area (Å²) in [6.45, 7) is 0.759. The van der Waals surface area contributed by atoms with Crippen LogP contribution in [0.4, 0.5) is 0 Å². The molecule has 4 N–H and O–H groups in total. The number of thiocarbonyl (C=S) groups is 1. The molecule has 3 aromatic carbocycles. The van der Waals surface area contributed by atoms with Crippen molar-refractivity contribution in [3.05, 3.63) is 102 Å². The van der Waals surface area contributed by atoms with Crippen LogP contribution in [0.15, 0.2) is 84.9 Å². The minimum atomic E-state index is -1.01. The number of carboxylic acid groups (broad SMARTS) is 2. The van der Waals surface area contributed by atoms with Crippen LogP contribution in [0.1, 0.15) is 27.9 Å². The van der Waals surface area contributed by atoms with Crippen LogP contribution in [-0.4, -0.2) is 56.5 Å². The second-order valence-electron chi connectivity index (χ2n) is 8.46. The Morgan fingerprint density at radius 2 is 1.51 bits per heavy atom. The Labute approximate surface area is 220 Å². The molecule has 192 valence electrons. The number of hydrogen-bond acceptors (Lipinski definition) is 6. The summed E-state index contributed by atoms with van der Waals surface area (Å²) in [5.74, 6) is -1.53. The number of ether oxygens (including phenoxy) is 1. The topological polar surface area (TPSA) is 130 Å². The highest BCUT2D eigenvalue weighted by molar-refractivity contribution is 7.80. The molecule has 0 bridgehead atoms. The molecule has 1 aliphatic heterocycles. The zero-order valence-electron chi connectivity index (χ0n) is 20.0. The second kappa shape index (κ2) is 13.3. The van der Waals surface area contributed by atoms with Crippen molar-refractivity contribution in [3.8, 4) is 5.75 Å². The second-order valence-corrected chi connectivity index (χ2v) is 9.04. The molecule has 0 radical (unpaired) electrons. The van der Waals surface area contributed by atoms with Crippen LogP contribution in [0.2, 0.25) is 0 Å². The van der Waals surface area contributed by atoms with E-state index in [9.17, 15) is 14.4 Å². The first-order chi connectivity index (χ1) is 17.7. The maximum atomic E-state index is 12.1. The maximum absolute atomic E-state index is 12.1. The maximum Gasteiger partial charge on any atom is 0.326 e. The Morgan fingerprint density at radius 3 is 2.08 bits per heavy atom. The number of carbonyl (C=O) groups excluding carboxylic acids is 1. The Morgan fingerprint density at radius 1 is 0.919 bits per heavy atom. The number of carbonyl (C=O) groups is 3. The number of carboxylic acids is 2. The molecule has 9 heteroatoms. The van der Waals surface area contributed by atoms with E-state index in [-0.39, 0.29) is 18.9 Å². The van der Waals surface area contributed by atoms with Crippen molar-refractivity contribution in [2.24, 2.45) is 5.73 Å². The Balaban J connectivity index is 0.000000208. The van der Waals surface area contributed by atoms with E-state index in [1.165, 1.54) is 4.90 Å². The van der Waals surface area contributed by atoms with Gasteiger partial charge < -0.3 is 25.6 Å². The zero-order chi connectivity index (χ0) is 26.8. The number of amides is 1. The van der Waals surface area contributed by atoms with E-state index < -0.39 is 24.0 Å². The van der Waals surface area contributed by atoms with Gasteiger partial charge in [0.2, 0.25) is 0 Å². The highest BCUT2D eigenvalue weighted by atomic mass is 32.1. The summed E-state index contributed by atoms with van der Waals surface area (Å²) in [6.07, 6.45) is 0.581. The molecule has 0 aliphatic carbocycles. The largest absolute Gasteiger partial charge is 0.489 e. The molecule has 0 saturated carbocycles. The lowest BCUT2D eigenvalue weighted by molar-refractivity contribution is -0.141. The van der Waals surface area contributed by atoms with Gasteiger partial charge in [-0.25, -0.2) is 4.79 Å². The smallest absolute Gasteiger partial charge is 0.326 e. The van der Waals surface area contributed by atoms with Crippen molar-refractivity contribution in [2.75, 3.05) is 6.54 Å². The monoisotopic (exact) mass is 520 g/mol. The number of nitrogens with two attached hydrogens (primary N) is 1. The molecular formula is C28H28N2O6S. The fourth-order valence-electron chi connectivity index (χ4n) is 3.68. The van der Waals surface area contributed by atoms with Crippen molar-refractivity contribution in [1.29, 1.82) is 0 Å². The van der Waals surface area contributed by atoms with Crippen molar-refractivity contribution in [3.63, 3.8) is 0 Å². The standard InChI is InChI=1S/C16H17NO3.C12H11NO3S/c17-15(16(18)19)10-12-6-8-14(9-7-12)20-11-13-4-2-1-3-5-13;14-11(8-4-2-1-3-5-8)13-7-9(17)6-10(13)12(15)16/h1-9,15H,10-11,17H2,(H,18,19);1-5,10H,6-7H2,(H,15,16)/t15-;10-/m00/s1. The van der Waals surface area contributed by atoms with Gasteiger partial charge in [-0.2, -0.15) is 0 Å². The van der Waals surface area contributed by atoms with Gasteiger partial charge in [-0.05, 0) is 41.8 Å². The molecule has 4 rings (SSSR count). The molecule has 0 unspecified atom stereocenters. The molecule has 1 heterocycles. The summed E-state index contributed by atoms with van der Waals surface area (Å²) in [6, 6.07) is 24.2. The molecular weight excluding hydrogens is 492 g/mol. The van der Waals surface area contributed by atoms with Gasteiger partial charge in [-0.1, -0.05) is 72.9 Å².